The van der Waals surface area contributed by atoms with Crippen LogP contribution in [0, 0.1) is 11.8 Å². The smallest absolute Gasteiger partial charge is 0.307 e. The molecule has 0 bridgehead atoms. The van der Waals surface area contributed by atoms with Crippen molar-refractivity contribution in [1.82, 2.24) is 5.32 Å². The Bertz CT molecular complexity index is 383. The van der Waals surface area contributed by atoms with Crippen LogP contribution in [-0.2, 0) is 9.59 Å². The number of carboxylic acid groups (broad SMARTS) is 1. The van der Waals surface area contributed by atoms with Gasteiger partial charge in [0.1, 0.15) is 0 Å². The van der Waals surface area contributed by atoms with E-state index in [-0.39, 0.29) is 11.9 Å². The van der Waals surface area contributed by atoms with E-state index < -0.39 is 17.8 Å². The largest absolute Gasteiger partial charge is 0.481 e. The van der Waals surface area contributed by atoms with Crippen LogP contribution in [0.2, 0.25) is 0 Å². The van der Waals surface area contributed by atoms with Crippen LogP contribution in [-0.4, -0.2) is 23.0 Å². The number of hydrogen-bond acceptors (Lipinski definition) is 2. The lowest BCUT2D eigenvalue weighted by molar-refractivity contribution is -0.147. The second-order valence-electron chi connectivity index (χ2n) is 5.89. The van der Waals surface area contributed by atoms with Crippen molar-refractivity contribution in [1.29, 1.82) is 0 Å². The molecule has 2 rings (SSSR count). The lowest BCUT2D eigenvalue weighted by Gasteiger charge is -2.30. The Labute approximate surface area is 114 Å². The second-order valence-corrected chi connectivity index (χ2v) is 5.89. The van der Waals surface area contributed by atoms with Gasteiger partial charge < -0.3 is 10.4 Å². The molecule has 2 N–H and O–H groups in total. The summed E-state index contributed by atoms with van der Waals surface area (Å²) < 4.78 is 0. The van der Waals surface area contributed by atoms with Crippen LogP contribution in [0.15, 0.2) is 11.6 Å². The van der Waals surface area contributed by atoms with E-state index in [1.54, 1.807) is 0 Å². The van der Waals surface area contributed by atoms with Gasteiger partial charge in [-0.25, -0.2) is 0 Å². The SMILES string of the molecule is CC1=CC[C@H](C(=O)O)[C@H](C(=O)NC2CCCCC2)C1. The minimum absolute atomic E-state index is 0.0632. The molecular weight excluding hydrogens is 242 g/mol. The van der Waals surface area contributed by atoms with E-state index in [2.05, 4.69) is 5.32 Å². The zero-order chi connectivity index (χ0) is 13.8. The third kappa shape index (κ3) is 3.58. The number of nitrogens with one attached hydrogen (secondary N) is 1. The maximum absolute atomic E-state index is 12.3. The van der Waals surface area contributed by atoms with E-state index >= 15 is 0 Å². The maximum Gasteiger partial charge on any atom is 0.307 e. The van der Waals surface area contributed by atoms with Crippen molar-refractivity contribution in [2.45, 2.75) is 57.9 Å². The molecule has 4 nitrogen and oxygen atoms in total. The number of allylic oxidation sites excluding steroid dienone is 2. The minimum atomic E-state index is -0.854. The Morgan fingerprint density at radius 2 is 1.89 bits per heavy atom. The lowest BCUT2D eigenvalue weighted by atomic mass is 9.79. The Morgan fingerprint density at radius 3 is 2.53 bits per heavy atom. The quantitative estimate of drug-likeness (QED) is 0.770. The first-order valence-corrected chi connectivity index (χ1v) is 7.26. The highest BCUT2D eigenvalue weighted by Gasteiger charge is 2.36. The average Bonchev–Trinajstić information content (AvgIpc) is 2.39. The Hall–Kier alpha value is -1.32. The van der Waals surface area contributed by atoms with Crippen molar-refractivity contribution in [3.63, 3.8) is 0 Å². The van der Waals surface area contributed by atoms with Gasteiger partial charge in [0.25, 0.3) is 0 Å². The van der Waals surface area contributed by atoms with Gasteiger partial charge in [-0.05, 0) is 32.6 Å². The summed E-state index contributed by atoms with van der Waals surface area (Å²) >= 11 is 0. The van der Waals surface area contributed by atoms with Gasteiger partial charge in [0.2, 0.25) is 5.91 Å². The number of rotatable bonds is 3. The number of carbonyl (C=O) groups excluding carboxylic acids is 1. The molecule has 4 heteroatoms. The van der Waals surface area contributed by atoms with Crippen molar-refractivity contribution >= 4 is 11.9 Å². The molecule has 19 heavy (non-hydrogen) atoms. The predicted octanol–water partition coefficient (Wildman–Crippen LogP) is 2.49. The molecule has 2 atom stereocenters. The van der Waals surface area contributed by atoms with Gasteiger partial charge in [0, 0.05) is 6.04 Å². The molecular formula is C15H23NO3. The fourth-order valence-corrected chi connectivity index (χ4v) is 3.17. The van der Waals surface area contributed by atoms with Crippen LogP contribution in [0.1, 0.15) is 51.9 Å². The summed E-state index contributed by atoms with van der Waals surface area (Å²) in [4.78, 5) is 23.6. The molecule has 0 aliphatic heterocycles. The molecule has 2 aliphatic carbocycles. The van der Waals surface area contributed by atoms with Crippen molar-refractivity contribution < 1.29 is 14.7 Å². The molecule has 0 heterocycles. The standard InChI is InChI=1S/C15H23NO3/c1-10-7-8-12(15(18)19)13(9-10)14(17)16-11-5-3-2-4-6-11/h7,11-13H,2-6,8-9H2,1H3,(H,16,17)(H,18,19)/t12-,13+/m0/s1. The highest BCUT2D eigenvalue weighted by atomic mass is 16.4. The van der Waals surface area contributed by atoms with Crippen LogP contribution in [0.5, 0.6) is 0 Å². The van der Waals surface area contributed by atoms with Gasteiger partial charge in [-0.3, -0.25) is 9.59 Å². The summed E-state index contributed by atoms with van der Waals surface area (Å²) in [5.41, 5.74) is 1.13. The highest BCUT2D eigenvalue weighted by Crippen LogP contribution is 2.30. The van der Waals surface area contributed by atoms with Crippen LogP contribution < -0.4 is 5.32 Å². The summed E-state index contributed by atoms with van der Waals surface area (Å²) in [6, 6.07) is 0.252. The highest BCUT2D eigenvalue weighted by molar-refractivity contribution is 5.85. The second kappa shape index (κ2) is 6.22. The normalized spacial score (nSPS) is 28.6. The van der Waals surface area contributed by atoms with E-state index in [0.29, 0.717) is 12.8 Å². The van der Waals surface area contributed by atoms with E-state index in [9.17, 15) is 14.7 Å². The van der Waals surface area contributed by atoms with Gasteiger partial charge >= 0.3 is 5.97 Å². The van der Waals surface area contributed by atoms with Crippen molar-refractivity contribution in [2.75, 3.05) is 0 Å². The molecule has 0 aromatic carbocycles. The van der Waals surface area contributed by atoms with E-state index in [1.807, 2.05) is 13.0 Å². The van der Waals surface area contributed by atoms with Gasteiger partial charge in [-0.2, -0.15) is 0 Å². The number of carbonyl (C=O) groups is 2. The summed E-state index contributed by atoms with van der Waals surface area (Å²) in [6.07, 6.45) is 8.64. The van der Waals surface area contributed by atoms with Gasteiger partial charge in [-0.1, -0.05) is 30.9 Å². The fraction of sp³-hybridized carbons (Fsp3) is 0.733. The van der Waals surface area contributed by atoms with Crippen LogP contribution in [0.3, 0.4) is 0 Å². The number of amides is 1. The molecule has 1 amide bonds. The monoisotopic (exact) mass is 265 g/mol. The Kier molecular flexibility index (Phi) is 4.61. The first-order valence-electron chi connectivity index (χ1n) is 7.26. The van der Waals surface area contributed by atoms with Crippen LogP contribution in [0.25, 0.3) is 0 Å². The third-order valence-electron chi connectivity index (χ3n) is 4.35. The number of hydrogen-bond donors (Lipinski definition) is 2. The van der Waals surface area contributed by atoms with Gasteiger partial charge in [-0.15, -0.1) is 0 Å². The maximum atomic E-state index is 12.3. The fourth-order valence-electron chi connectivity index (χ4n) is 3.17. The molecule has 0 aromatic rings. The molecule has 0 spiro atoms. The molecule has 0 saturated heterocycles. The van der Waals surface area contributed by atoms with E-state index in [1.165, 1.54) is 6.42 Å². The number of aliphatic carboxylic acids is 1. The first-order chi connectivity index (χ1) is 9.08. The van der Waals surface area contributed by atoms with Gasteiger partial charge in [0.05, 0.1) is 11.8 Å². The molecule has 2 aliphatic rings. The summed E-state index contributed by atoms with van der Waals surface area (Å²) in [6.45, 7) is 1.97. The molecule has 0 aromatic heterocycles. The van der Waals surface area contributed by atoms with E-state index in [0.717, 1.165) is 31.3 Å². The summed E-state index contributed by atoms with van der Waals surface area (Å²) in [5.74, 6) is -1.88. The van der Waals surface area contributed by atoms with Crippen molar-refractivity contribution in [2.24, 2.45) is 11.8 Å². The summed E-state index contributed by atoms with van der Waals surface area (Å²) in [7, 11) is 0. The third-order valence-corrected chi connectivity index (χ3v) is 4.35. The van der Waals surface area contributed by atoms with Gasteiger partial charge in [0.15, 0.2) is 0 Å². The summed E-state index contributed by atoms with van der Waals surface area (Å²) in [5, 5.41) is 12.3. The van der Waals surface area contributed by atoms with Crippen molar-refractivity contribution in [3.8, 4) is 0 Å². The first kappa shape index (κ1) is 14.1. The number of carboxylic acids is 1. The van der Waals surface area contributed by atoms with E-state index in [4.69, 9.17) is 0 Å². The van der Waals surface area contributed by atoms with Crippen molar-refractivity contribution in [3.05, 3.63) is 11.6 Å². The van der Waals surface area contributed by atoms with Crippen LogP contribution >= 0.6 is 0 Å². The molecule has 1 fully saturated rings. The molecule has 106 valence electrons. The topological polar surface area (TPSA) is 66.4 Å². The Balaban J connectivity index is 1.98. The average molecular weight is 265 g/mol. The molecule has 1 saturated carbocycles. The Morgan fingerprint density at radius 1 is 1.21 bits per heavy atom. The predicted molar refractivity (Wildman–Crippen MR) is 72.6 cm³/mol. The molecule has 0 unspecified atom stereocenters. The lowest BCUT2D eigenvalue weighted by Crippen LogP contribution is -2.44. The van der Waals surface area contributed by atoms with Crippen LogP contribution in [0.4, 0.5) is 0 Å². The molecule has 0 radical (unpaired) electrons. The minimum Gasteiger partial charge on any atom is -0.481 e. The zero-order valence-electron chi connectivity index (χ0n) is 11.5. The zero-order valence-corrected chi connectivity index (χ0v) is 11.5.